The van der Waals surface area contributed by atoms with Gasteiger partial charge in [-0.2, -0.15) is 0 Å². The van der Waals surface area contributed by atoms with Gasteiger partial charge in [0.1, 0.15) is 0 Å². The number of hydrogen-bond acceptors (Lipinski definition) is 2. The van der Waals surface area contributed by atoms with Crippen LogP contribution in [0.2, 0.25) is 3.93 Å². The number of rotatable bonds is 6. The summed E-state index contributed by atoms with van der Waals surface area (Å²) in [6.07, 6.45) is 3.94. The van der Waals surface area contributed by atoms with E-state index in [1.54, 1.807) is 7.16 Å². The van der Waals surface area contributed by atoms with Crippen molar-refractivity contribution >= 4 is 43.7 Å². The normalized spacial score (nSPS) is 23.4. The van der Waals surface area contributed by atoms with Gasteiger partial charge in [-0.3, -0.25) is 0 Å². The van der Waals surface area contributed by atoms with Crippen LogP contribution in [0.4, 0.5) is 0 Å². The molecule has 0 aliphatic heterocycles. The maximum absolute atomic E-state index is 13.2. The molecule has 2 saturated carbocycles. The molecule has 4 atom stereocenters. The van der Waals surface area contributed by atoms with Gasteiger partial charge in [0, 0.05) is 0 Å². The number of fused-ring (bicyclic) bond motifs is 3. The topological polar surface area (TPSA) is 26.3 Å². The summed E-state index contributed by atoms with van der Waals surface area (Å²) >= 11 is -2.23. The number of esters is 1. The molecule has 4 aromatic rings. The summed E-state index contributed by atoms with van der Waals surface area (Å²) in [4.78, 5) is 13.2. The zero-order chi connectivity index (χ0) is 22.9. The van der Waals surface area contributed by atoms with Gasteiger partial charge in [0.25, 0.3) is 0 Å². The minimum atomic E-state index is -2.23. The predicted octanol–water partition coefficient (Wildman–Crippen LogP) is 5.72. The van der Waals surface area contributed by atoms with Gasteiger partial charge in [-0.25, -0.2) is 0 Å². The third-order valence-electron chi connectivity index (χ3n) is 8.01. The predicted molar refractivity (Wildman–Crippen MR) is 140 cm³/mol. The Morgan fingerprint density at radius 2 is 1.35 bits per heavy atom. The van der Waals surface area contributed by atoms with Gasteiger partial charge in [0.2, 0.25) is 0 Å². The molecule has 6 rings (SSSR count). The molecule has 0 heterocycles. The van der Waals surface area contributed by atoms with Crippen molar-refractivity contribution in [2.75, 3.05) is 6.61 Å². The fourth-order valence-corrected chi connectivity index (χ4v) is 17.3. The van der Waals surface area contributed by atoms with E-state index in [0.717, 1.165) is 16.7 Å². The second kappa shape index (κ2) is 9.58. The number of ether oxygens (including phenoxy) is 1. The van der Waals surface area contributed by atoms with Gasteiger partial charge in [-0.05, 0) is 0 Å². The van der Waals surface area contributed by atoms with Crippen molar-refractivity contribution < 1.29 is 9.53 Å². The molecule has 2 aliphatic rings. The molecule has 0 amide bonds. The SMILES string of the molecule is O=C(OC[C@@H]1[C@@H]2CC[C@@H](C2)[C@H]1[Sn]([c]1ccccc1)[c]1ccccc1)c1cccc2ccccc12. The molecular weight excluding hydrogens is 523 g/mol. The van der Waals surface area contributed by atoms with E-state index in [2.05, 4.69) is 72.8 Å². The zero-order valence-electron chi connectivity index (χ0n) is 19.3. The van der Waals surface area contributed by atoms with Gasteiger partial charge in [0.15, 0.2) is 0 Å². The van der Waals surface area contributed by atoms with Gasteiger partial charge in [-0.15, -0.1) is 0 Å². The van der Waals surface area contributed by atoms with E-state index in [-0.39, 0.29) is 5.97 Å². The van der Waals surface area contributed by atoms with Crippen molar-refractivity contribution in [3.8, 4) is 0 Å². The number of hydrogen-bond donors (Lipinski definition) is 0. The van der Waals surface area contributed by atoms with Crippen molar-refractivity contribution in [1.82, 2.24) is 0 Å². The van der Waals surface area contributed by atoms with Crippen molar-refractivity contribution in [2.45, 2.75) is 23.2 Å². The second-order valence-corrected chi connectivity index (χ2v) is 17.4. The number of carbonyl (C=O) groups is 1. The minimum absolute atomic E-state index is 0.178. The van der Waals surface area contributed by atoms with Crippen LogP contribution in [0, 0.1) is 17.8 Å². The summed E-state index contributed by atoms with van der Waals surface area (Å²) in [6.45, 7) is 0.553. The first kappa shape index (κ1) is 21.9. The monoisotopic (exact) mass is 553 g/mol. The molecule has 0 spiro atoms. The molecule has 2 fully saturated rings. The van der Waals surface area contributed by atoms with Crippen LogP contribution in [0.3, 0.4) is 0 Å². The molecule has 169 valence electrons. The summed E-state index contributed by atoms with van der Waals surface area (Å²) in [7, 11) is 0. The summed E-state index contributed by atoms with van der Waals surface area (Å²) in [6, 6.07) is 36.4. The first-order valence-electron chi connectivity index (χ1n) is 12.4. The first-order chi connectivity index (χ1) is 16.8. The Hall–Kier alpha value is -2.59. The van der Waals surface area contributed by atoms with Crippen LogP contribution >= 0.6 is 0 Å². The van der Waals surface area contributed by atoms with Crippen LogP contribution in [0.25, 0.3) is 10.8 Å². The molecule has 3 heteroatoms. The maximum atomic E-state index is 13.2. The van der Waals surface area contributed by atoms with E-state index in [9.17, 15) is 4.79 Å². The quantitative estimate of drug-likeness (QED) is 0.226. The van der Waals surface area contributed by atoms with Crippen LogP contribution < -0.4 is 7.16 Å². The molecule has 2 aliphatic carbocycles. The van der Waals surface area contributed by atoms with E-state index < -0.39 is 19.8 Å². The summed E-state index contributed by atoms with van der Waals surface area (Å²) in [5, 5.41) is 2.06. The van der Waals surface area contributed by atoms with Crippen molar-refractivity contribution in [3.05, 3.63) is 109 Å². The summed E-state index contributed by atoms with van der Waals surface area (Å²) in [5.41, 5.74) is 0.683. The summed E-state index contributed by atoms with van der Waals surface area (Å²) < 4.78 is 9.94. The zero-order valence-corrected chi connectivity index (χ0v) is 22.1. The third-order valence-corrected chi connectivity index (χ3v) is 17.9. The number of benzene rings is 4. The van der Waals surface area contributed by atoms with E-state index in [1.165, 1.54) is 19.3 Å². The van der Waals surface area contributed by atoms with E-state index >= 15 is 0 Å². The average Bonchev–Trinajstić information content (AvgIpc) is 3.51. The molecule has 34 heavy (non-hydrogen) atoms. The fourth-order valence-electron chi connectivity index (χ4n) is 6.54. The number of carbonyl (C=O) groups excluding carboxylic acids is 1. The Morgan fingerprint density at radius 3 is 2.09 bits per heavy atom. The summed E-state index contributed by atoms with van der Waals surface area (Å²) in [5.74, 6) is 1.77. The van der Waals surface area contributed by atoms with E-state index in [4.69, 9.17) is 4.74 Å². The van der Waals surface area contributed by atoms with Gasteiger partial charge in [-0.1, -0.05) is 0 Å². The van der Waals surface area contributed by atoms with E-state index in [1.807, 2.05) is 30.3 Å². The fraction of sp³-hybridized carbons (Fsp3) is 0.258. The standard InChI is InChI=1S/C19H19O2.2C6H5.Sn/c20-19(21-12-16-11-13-8-9-15(16)10-13)18-7-3-5-14-4-1-2-6-17(14)18;2*1-2-4-6-5-3-1;/h1-7,11,13,15-16H,8-10,12H2;2*1-5H;/t13-,15+,16+;;;/m0.../s1. The molecule has 0 N–H and O–H groups in total. The Kier molecular flexibility index (Phi) is 6.17. The Labute approximate surface area is 208 Å². The molecule has 2 bridgehead atoms. The van der Waals surface area contributed by atoms with E-state index in [0.29, 0.717) is 27.9 Å². The van der Waals surface area contributed by atoms with Crippen LogP contribution in [0.5, 0.6) is 0 Å². The van der Waals surface area contributed by atoms with Gasteiger partial charge in [0.05, 0.1) is 0 Å². The first-order valence-corrected chi connectivity index (χ1v) is 16.9. The van der Waals surface area contributed by atoms with Crippen LogP contribution in [0.1, 0.15) is 29.6 Å². The molecule has 0 unspecified atom stereocenters. The molecule has 1 radical (unpaired) electrons. The van der Waals surface area contributed by atoms with Gasteiger partial charge < -0.3 is 0 Å². The molecule has 0 aromatic heterocycles. The average molecular weight is 552 g/mol. The molecule has 4 aromatic carbocycles. The molecule has 2 nitrogen and oxygen atoms in total. The Bertz CT molecular complexity index is 1240. The van der Waals surface area contributed by atoms with Crippen molar-refractivity contribution in [3.63, 3.8) is 0 Å². The second-order valence-electron chi connectivity index (χ2n) is 9.79. The Morgan fingerprint density at radius 1 is 0.735 bits per heavy atom. The molecular formula is C31H29O2Sn. The van der Waals surface area contributed by atoms with Crippen LogP contribution in [-0.2, 0) is 4.74 Å². The van der Waals surface area contributed by atoms with Crippen LogP contribution in [0.15, 0.2) is 103 Å². The van der Waals surface area contributed by atoms with Crippen LogP contribution in [-0.4, -0.2) is 32.3 Å². The van der Waals surface area contributed by atoms with Crippen molar-refractivity contribution in [2.24, 2.45) is 17.8 Å². The Balaban J connectivity index is 1.30. The van der Waals surface area contributed by atoms with Crippen molar-refractivity contribution in [1.29, 1.82) is 0 Å². The third kappa shape index (κ3) is 4.07. The van der Waals surface area contributed by atoms with Gasteiger partial charge >= 0.3 is 209 Å². The molecule has 0 saturated heterocycles.